The number of carbonyl (C=O) groups excluding carboxylic acids is 2. The van der Waals surface area contributed by atoms with E-state index in [1.165, 1.54) is 0 Å². The number of carbonyl (C=O) groups is 2. The largest absolute Gasteiger partial charge is 0.352 e. The lowest BCUT2D eigenvalue weighted by Gasteiger charge is -2.10. The zero-order valence-corrected chi connectivity index (χ0v) is 12.6. The summed E-state index contributed by atoms with van der Waals surface area (Å²) in [6.07, 6.45) is 1.93. The second-order valence-electron chi connectivity index (χ2n) is 4.98. The predicted octanol–water partition coefficient (Wildman–Crippen LogP) is 3.47. The Kier molecular flexibility index (Phi) is 5.72. The van der Waals surface area contributed by atoms with Gasteiger partial charge in [-0.15, -0.1) is 0 Å². The van der Waals surface area contributed by atoms with Crippen LogP contribution >= 0.6 is 0 Å². The van der Waals surface area contributed by atoms with Gasteiger partial charge < -0.3 is 10.6 Å². The summed E-state index contributed by atoms with van der Waals surface area (Å²) in [6.45, 7) is 2.68. The molecule has 2 aromatic rings. The number of hydrogen-bond donors (Lipinski definition) is 2. The molecule has 114 valence electrons. The smallest absolute Gasteiger partial charge is 0.256 e. The molecule has 0 aliphatic heterocycles. The third-order valence-corrected chi connectivity index (χ3v) is 3.26. The highest BCUT2D eigenvalue weighted by Gasteiger charge is 2.16. The molecule has 4 heteroatoms. The van der Waals surface area contributed by atoms with E-state index in [2.05, 4.69) is 17.6 Å². The molecule has 0 radical (unpaired) electrons. The first-order valence-corrected chi connectivity index (χ1v) is 7.46. The second kappa shape index (κ2) is 7.98. The van der Waals surface area contributed by atoms with Crippen LogP contribution in [0.15, 0.2) is 54.6 Å². The maximum absolute atomic E-state index is 12.4. The number of para-hydroxylation sites is 1. The summed E-state index contributed by atoms with van der Waals surface area (Å²) in [5, 5.41) is 5.64. The molecule has 0 aromatic heterocycles. The average Bonchev–Trinajstić information content (AvgIpc) is 2.56. The minimum absolute atomic E-state index is 0.215. The summed E-state index contributed by atoms with van der Waals surface area (Å²) in [5.74, 6) is -0.500. The summed E-state index contributed by atoms with van der Waals surface area (Å²) in [6, 6.07) is 16.0. The monoisotopic (exact) mass is 296 g/mol. The molecule has 0 aliphatic rings. The average molecular weight is 296 g/mol. The lowest BCUT2D eigenvalue weighted by atomic mass is 10.1. The fourth-order valence-electron chi connectivity index (χ4n) is 2.07. The molecule has 0 unspecified atom stereocenters. The van der Waals surface area contributed by atoms with E-state index in [0.717, 1.165) is 12.8 Å². The van der Waals surface area contributed by atoms with Gasteiger partial charge in [-0.25, -0.2) is 0 Å². The Labute approximate surface area is 130 Å². The fraction of sp³-hybridized carbons (Fsp3) is 0.222. The highest BCUT2D eigenvalue weighted by Crippen LogP contribution is 2.13. The molecule has 2 N–H and O–H groups in total. The van der Waals surface area contributed by atoms with Gasteiger partial charge in [0.2, 0.25) is 0 Å². The van der Waals surface area contributed by atoms with Gasteiger partial charge in [-0.2, -0.15) is 0 Å². The minimum Gasteiger partial charge on any atom is -0.352 e. The Morgan fingerprint density at radius 1 is 0.864 bits per heavy atom. The molecule has 0 saturated carbocycles. The van der Waals surface area contributed by atoms with Crippen LogP contribution in [0, 0.1) is 0 Å². The standard InChI is InChI=1S/C18H20N2O2/c1-2-3-13-19-17(21)15-11-7-8-12-16(15)18(22)20-14-9-5-4-6-10-14/h4-12H,2-3,13H2,1H3,(H,19,21)(H,20,22). The Bertz CT molecular complexity index is 639. The summed E-state index contributed by atoms with van der Waals surface area (Å²) < 4.78 is 0. The van der Waals surface area contributed by atoms with Crippen LogP contribution in [0.4, 0.5) is 5.69 Å². The third kappa shape index (κ3) is 4.19. The summed E-state index contributed by atoms with van der Waals surface area (Å²) >= 11 is 0. The van der Waals surface area contributed by atoms with Crippen molar-refractivity contribution >= 4 is 17.5 Å². The Balaban J connectivity index is 2.13. The van der Waals surface area contributed by atoms with Gasteiger partial charge in [0.05, 0.1) is 11.1 Å². The molecule has 22 heavy (non-hydrogen) atoms. The SMILES string of the molecule is CCCCNC(=O)c1ccccc1C(=O)Nc1ccccc1. The second-order valence-corrected chi connectivity index (χ2v) is 4.98. The maximum Gasteiger partial charge on any atom is 0.256 e. The molecule has 4 nitrogen and oxygen atoms in total. The molecule has 0 saturated heterocycles. The molecule has 2 rings (SSSR count). The Morgan fingerprint density at radius 3 is 2.09 bits per heavy atom. The summed E-state index contributed by atoms with van der Waals surface area (Å²) in [5.41, 5.74) is 1.47. The van der Waals surface area contributed by atoms with E-state index in [0.29, 0.717) is 23.4 Å². The van der Waals surface area contributed by atoms with Crippen LogP contribution in [0.3, 0.4) is 0 Å². The van der Waals surface area contributed by atoms with Crippen molar-refractivity contribution in [2.45, 2.75) is 19.8 Å². The number of hydrogen-bond acceptors (Lipinski definition) is 2. The van der Waals surface area contributed by atoms with Gasteiger partial charge in [0, 0.05) is 12.2 Å². The molecule has 0 aliphatic carbocycles. The highest BCUT2D eigenvalue weighted by atomic mass is 16.2. The van der Waals surface area contributed by atoms with E-state index < -0.39 is 0 Å². The normalized spacial score (nSPS) is 10.0. The van der Waals surface area contributed by atoms with Crippen LogP contribution in [0.25, 0.3) is 0 Å². The van der Waals surface area contributed by atoms with Gasteiger partial charge in [-0.1, -0.05) is 43.7 Å². The van der Waals surface area contributed by atoms with E-state index in [9.17, 15) is 9.59 Å². The lowest BCUT2D eigenvalue weighted by molar-refractivity contribution is 0.0940. The number of anilines is 1. The van der Waals surface area contributed by atoms with Crippen molar-refractivity contribution in [3.63, 3.8) is 0 Å². The van der Waals surface area contributed by atoms with E-state index in [1.807, 2.05) is 30.3 Å². The molecular weight excluding hydrogens is 276 g/mol. The van der Waals surface area contributed by atoms with E-state index >= 15 is 0 Å². The highest BCUT2D eigenvalue weighted by molar-refractivity contribution is 6.12. The number of unbranched alkanes of at least 4 members (excludes halogenated alkanes) is 1. The summed E-state index contributed by atoms with van der Waals surface area (Å²) in [4.78, 5) is 24.6. The van der Waals surface area contributed by atoms with Gasteiger partial charge in [0.1, 0.15) is 0 Å². The van der Waals surface area contributed by atoms with Crippen molar-refractivity contribution in [3.8, 4) is 0 Å². The molecule has 2 aromatic carbocycles. The molecule has 2 amide bonds. The number of nitrogens with one attached hydrogen (secondary N) is 2. The number of rotatable bonds is 6. The van der Waals surface area contributed by atoms with Gasteiger partial charge in [-0.3, -0.25) is 9.59 Å². The first-order chi connectivity index (χ1) is 10.7. The molecule has 0 atom stereocenters. The van der Waals surface area contributed by atoms with Gasteiger partial charge in [0.15, 0.2) is 0 Å². The third-order valence-electron chi connectivity index (χ3n) is 3.26. The van der Waals surface area contributed by atoms with Crippen molar-refractivity contribution < 1.29 is 9.59 Å². The van der Waals surface area contributed by atoms with Gasteiger partial charge in [0.25, 0.3) is 11.8 Å². The zero-order valence-electron chi connectivity index (χ0n) is 12.6. The Hall–Kier alpha value is -2.62. The van der Waals surface area contributed by atoms with Crippen LogP contribution < -0.4 is 10.6 Å². The molecular formula is C18H20N2O2. The minimum atomic E-state index is -0.285. The van der Waals surface area contributed by atoms with E-state index in [-0.39, 0.29) is 11.8 Å². The Morgan fingerprint density at radius 2 is 1.45 bits per heavy atom. The van der Waals surface area contributed by atoms with Crippen LogP contribution in [0.2, 0.25) is 0 Å². The van der Waals surface area contributed by atoms with Crippen LogP contribution in [-0.2, 0) is 0 Å². The number of amides is 2. The predicted molar refractivity (Wildman–Crippen MR) is 88.1 cm³/mol. The van der Waals surface area contributed by atoms with Crippen LogP contribution in [0.5, 0.6) is 0 Å². The molecule has 0 spiro atoms. The van der Waals surface area contributed by atoms with Crippen molar-refractivity contribution in [3.05, 3.63) is 65.7 Å². The van der Waals surface area contributed by atoms with E-state index in [4.69, 9.17) is 0 Å². The van der Waals surface area contributed by atoms with Crippen molar-refractivity contribution in [2.75, 3.05) is 11.9 Å². The van der Waals surface area contributed by atoms with E-state index in [1.54, 1.807) is 24.3 Å². The van der Waals surface area contributed by atoms with Crippen LogP contribution in [-0.4, -0.2) is 18.4 Å². The first-order valence-electron chi connectivity index (χ1n) is 7.46. The van der Waals surface area contributed by atoms with Crippen molar-refractivity contribution in [1.29, 1.82) is 0 Å². The zero-order chi connectivity index (χ0) is 15.8. The number of benzene rings is 2. The van der Waals surface area contributed by atoms with Crippen molar-refractivity contribution in [1.82, 2.24) is 5.32 Å². The molecule has 0 heterocycles. The topological polar surface area (TPSA) is 58.2 Å². The maximum atomic E-state index is 12.4. The van der Waals surface area contributed by atoms with Crippen LogP contribution in [0.1, 0.15) is 40.5 Å². The fourth-order valence-corrected chi connectivity index (χ4v) is 2.07. The van der Waals surface area contributed by atoms with Crippen molar-refractivity contribution in [2.24, 2.45) is 0 Å². The van der Waals surface area contributed by atoms with Gasteiger partial charge in [-0.05, 0) is 30.7 Å². The first kappa shape index (κ1) is 15.8. The lowest BCUT2D eigenvalue weighted by Crippen LogP contribution is -2.27. The summed E-state index contributed by atoms with van der Waals surface area (Å²) in [7, 11) is 0. The van der Waals surface area contributed by atoms with Gasteiger partial charge >= 0.3 is 0 Å². The quantitative estimate of drug-likeness (QED) is 0.802. The molecule has 0 fully saturated rings. The molecule has 0 bridgehead atoms.